The summed E-state index contributed by atoms with van der Waals surface area (Å²) >= 11 is 3.39. The standard InChI is InChI=1S/C11H16BrNO2/c1-14-9-7-13-6-3-2-4-11-10(12)5-8-15-11/h2,4-5,8,13H,3,6-7,9H2,1H3. The zero-order valence-corrected chi connectivity index (χ0v) is 10.4. The van der Waals surface area contributed by atoms with Gasteiger partial charge < -0.3 is 14.5 Å². The largest absolute Gasteiger partial charge is 0.464 e. The summed E-state index contributed by atoms with van der Waals surface area (Å²) in [6.45, 7) is 2.61. The van der Waals surface area contributed by atoms with Crippen LogP contribution >= 0.6 is 15.9 Å². The highest BCUT2D eigenvalue weighted by Crippen LogP contribution is 2.18. The third-order valence-corrected chi connectivity index (χ3v) is 2.54. The summed E-state index contributed by atoms with van der Waals surface area (Å²) in [5.74, 6) is 0.867. The maximum Gasteiger partial charge on any atom is 0.140 e. The Kier molecular flexibility index (Phi) is 6.39. The molecule has 0 aliphatic carbocycles. The summed E-state index contributed by atoms with van der Waals surface area (Å²) in [7, 11) is 1.70. The lowest BCUT2D eigenvalue weighted by Gasteiger charge is -2.00. The van der Waals surface area contributed by atoms with Crippen molar-refractivity contribution in [3.8, 4) is 0 Å². The second-order valence-electron chi connectivity index (χ2n) is 3.07. The molecule has 1 heterocycles. The van der Waals surface area contributed by atoms with Gasteiger partial charge in [-0.1, -0.05) is 6.08 Å². The van der Waals surface area contributed by atoms with Crippen molar-refractivity contribution in [2.45, 2.75) is 6.42 Å². The molecule has 0 unspecified atom stereocenters. The monoisotopic (exact) mass is 273 g/mol. The van der Waals surface area contributed by atoms with Crippen molar-refractivity contribution in [2.75, 3.05) is 26.8 Å². The molecule has 0 radical (unpaired) electrons. The van der Waals surface area contributed by atoms with Gasteiger partial charge in [-0.15, -0.1) is 0 Å². The number of rotatable bonds is 7. The van der Waals surface area contributed by atoms with Crippen molar-refractivity contribution in [1.82, 2.24) is 5.32 Å². The molecule has 0 spiro atoms. The van der Waals surface area contributed by atoms with Gasteiger partial charge in [-0.3, -0.25) is 0 Å². The van der Waals surface area contributed by atoms with Crippen molar-refractivity contribution in [1.29, 1.82) is 0 Å². The predicted molar refractivity (Wildman–Crippen MR) is 64.8 cm³/mol. The molecule has 0 atom stereocenters. The van der Waals surface area contributed by atoms with E-state index in [1.165, 1.54) is 0 Å². The summed E-state index contributed by atoms with van der Waals surface area (Å²) in [5, 5.41) is 3.26. The fraction of sp³-hybridized carbons (Fsp3) is 0.455. The molecule has 84 valence electrons. The van der Waals surface area contributed by atoms with Gasteiger partial charge in [-0.05, 0) is 41.0 Å². The van der Waals surface area contributed by atoms with Gasteiger partial charge in [0, 0.05) is 13.7 Å². The van der Waals surface area contributed by atoms with Crippen LogP contribution in [0.3, 0.4) is 0 Å². The Morgan fingerprint density at radius 2 is 2.40 bits per heavy atom. The molecule has 0 saturated heterocycles. The number of furan rings is 1. The van der Waals surface area contributed by atoms with E-state index in [0.29, 0.717) is 0 Å². The molecule has 0 aliphatic heterocycles. The average Bonchev–Trinajstić information content (AvgIpc) is 2.63. The van der Waals surface area contributed by atoms with Gasteiger partial charge >= 0.3 is 0 Å². The summed E-state index contributed by atoms with van der Waals surface area (Å²) in [6, 6.07) is 1.89. The number of ether oxygens (including phenoxy) is 1. The van der Waals surface area contributed by atoms with Crippen molar-refractivity contribution in [3.63, 3.8) is 0 Å². The molecule has 1 aromatic heterocycles. The minimum Gasteiger partial charge on any atom is -0.464 e. The summed E-state index contributed by atoms with van der Waals surface area (Å²) in [6.07, 6.45) is 6.71. The molecule has 15 heavy (non-hydrogen) atoms. The maximum absolute atomic E-state index is 5.24. The van der Waals surface area contributed by atoms with E-state index in [-0.39, 0.29) is 0 Å². The summed E-state index contributed by atoms with van der Waals surface area (Å²) in [5.41, 5.74) is 0. The van der Waals surface area contributed by atoms with Crippen LogP contribution in [0.1, 0.15) is 12.2 Å². The first kappa shape index (κ1) is 12.5. The van der Waals surface area contributed by atoms with Gasteiger partial charge in [0.15, 0.2) is 0 Å². The third kappa shape index (κ3) is 5.16. The molecule has 0 bridgehead atoms. The Labute approximate surface area is 98.6 Å². The van der Waals surface area contributed by atoms with Gasteiger partial charge in [-0.2, -0.15) is 0 Å². The molecule has 0 amide bonds. The third-order valence-electron chi connectivity index (χ3n) is 1.88. The molecule has 0 aliphatic rings. The lowest BCUT2D eigenvalue weighted by atomic mass is 10.3. The van der Waals surface area contributed by atoms with E-state index in [1.54, 1.807) is 13.4 Å². The number of hydrogen-bond donors (Lipinski definition) is 1. The Morgan fingerprint density at radius 1 is 1.53 bits per heavy atom. The molecule has 1 N–H and O–H groups in total. The molecule has 0 saturated carbocycles. The van der Waals surface area contributed by atoms with Gasteiger partial charge in [0.2, 0.25) is 0 Å². The highest BCUT2D eigenvalue weighted by molar-refractivity contribution is 9.10. The van der Waals surface area contributed by atoms with Crippen molar-refractivity contribution in [3.05, 3.63) is 28.6 Å². The maximum atomic E-state index is 5.24. The van der Waals surface area contributed by atoms with Crippen LogP contribution in [-0.4, -0.2) is 26.8 Å². The number of nitrogens with one attached hydrogen (secondary N) is 1. The van der Waals surface area contributed by atoms with Crippen LogP contribution in [0, 0.1) is 0 Å². The van der Waals surface area contributed by atoms with Gasteiger partial charge in [0.25, 0.3) is 0 Å². The van der Waals surface area contributed by atoms with Gasteiger partial charge in [0.1, 0.15) is 5.76 Å². The predicted octanol–water partition coefficient (Wildman–Crippen LogP) is 2.68. The Bertz CT molecular complexity index is 297. The molecule has 3 nitrogen and oxygen atoms in total. The fourth-order valence-electron chi connectivity index (χ4n) is 1.10. The highest BCUT2D eigenvalue weighted by atomic mass is 79.9. The minimum atomic E-state index is 0.757. The number of hydrogen-bond acceptors (Lipinski definition) is 3. The zero-order chi connectivity index (χ0) is 10.9. The quantitative estimate of drug-likeness (QED) is 0.776. The first-order valence-electron chi connectivity index (χ1n) is 4.94. The molecular formula is C11H16BrNO2. The molecule has 1 aromatic rings. The van der Waals surface area contributed by atoms with Gasteiger partial charge in [0.05, 0.1) is 17.3 Å². The molecule has 4 heteroatoms. The Hall–Kier alpha value is -0.580. The van der Waals surface area contributed by atoms with Crippen LogP contribution in [0.4, 0.5) is 0 Å². The molecule has 0 fully saturated rings. The van der Waals surface area contributed by atoms with Crippen molar-refractivity contribution >= 4 is 22.0 Å². The summed E-state index contributed by atoms with van der Waals surface area (Å²) in [4.78, 5) is 0. The Balaban J connectivity index is 2.10. The van der Waals surface area contributed by atoms with Crippen LogP contribution < -0.4 is 5.32 Å². The fourth-order valence-corrected chi connectivity index (χ4v) is 1.43. The van der Waals surface area contributed by atoms with E-state index >= 15 is 0 Å². The second-order valence-corrected chi connectivity index (χ2v) is 3.92. The van der Waals surface area contributed by atoms with Crippen molar-refractivity contribution in [2.24, 2.45) is 0 Å². The van der Waals surface area contributed by atoms with Crippen LogP contribution in [0.5, 0.6) is 0 Å². The van der Waals surface area contributed by atoms with Gasteiger partial charge in [-0.25, -0.2) is 0 Å². The van der Waals surface area contributed by atoms with Crippen LogP contribution in [0.2, 0.25) is 0 Å². The lowest BCUT2D eigenvalue weighted by molar-refractivity contribution is 0.199. The smallest absolute Gasteiger partial charge is 0.140 e. The zero-order valence-electron chi connectivity index (χ0n) is 8.83. The number of halogens is 1. The first-order chi connectivity index (χ1) is 7.34. The second kappa shape index (κ2) is 7.68. The van der Waals surface area contributed by atoms with E-state index in [4.69, 9.17) is 9.15 Å². The molecule has 1 rings (SSSR count). The number of methoxy groups -OCH3 is 1. The Morgan fingerprint density at radius 3 is 3.07 bits per heavy atom. The average molecular weight is 274 g/mol. The van der Waals surface area contributed by atoms with E-state index < -0.39 is 0 Å². The van der Waals surface area contributed by atoms with E-state index in [1.807, 2.05) is 12.1 Å². The lowest BCUT2D eigenvalue weighted by Crippen LogP contribution is -2.19. The van der Waals surface area contributed by atoms with Crippen molar-refractivity contribution < 1.29 is 9.15 Å². The highest BCUT2D eigenvalue weighted by Gasteiger charge is 1.96. The van der Waals surface area contributed by atoms with E-state index in [9.17, 15) is 0 Å². The minimum absolute atomic E-state index is 0.757. The van der Waals surface area contributed by atoms with E-state index in [0.717, 1.165) is 36.4 Å². The van der Waals surface area contributed by atoms with Crippen LogP contribution in [-0.2, 0) is 4.74 Å². The molecular weight excluding hydrogens is 258 g/mol. The van der Waals surface area contributed by atoms with E-state index in [2.05, 4.69) is 27.3 Å². The topological polar surface area (TPSA) is 34.4 Å². The van der Waals surface area contributed by atoms with Crippen LogP contribution in [0.15, 0.2) is 27.3 Å². The molecule has 0 aromatic carbocycles. The normalized spacial score (nSPS) is 11.3. The SMILES string of the molecule is COCCNCCC=Cc1occc1Br. The van der Waals surface area contributed by atoms with Crippen LogP contribution in [0.25, 0.3) is 6.08 Å². The summed E-state index contributed by atoms with van der Waals surface area (Å²) < 4.78 is 11.1. The first-order valence-corrected chi connectivity index (χ1v) is 5.73.